The maximum absolute atomic E-state index is 15.6. The molecule has 12 amide bonds. The maximum atomic E-state index is 15.6. The molecule has 10 atom stereocenters. The molecule has 117 heavy (non-hydrogen) atoms. The molecular formula is C85H121F5N12O15. The fourth-order valence-corrected chi connectivity index (χ4v) is 16.1. The van der Waals surface area contributed by atoms with Crippen LogP contribution in [0.4, 0.5) is 26.7 Å². The van der Waals surface area contributed by atoms with Crippen molar-refractivity contribution in [2.24, 2.45) is 17.8 Å². The number of alkyl carbamates (subject to hydrolysis) is 1. The highest BCUT2D eigenvalue weighted by atomic mass is 19.4. The van der Waals surface area contributed by atoms with Crippen molar-refractivity contribution in [3.8, 4) is 0 Å². The molecule has 3 N–H and O–H groups in total. The zero-order valence-electron chi connectivity index (χ0n) is 70.9. The molecule has 0 aromatic heterocycles. The van der Waals surface area contributed by atoms with Gasteiger partial charge in [-0.05, 0) is 152 Å². The van der Waals surface area contributed by atoms with Crippen LogP contribution in [0.5, 0.6) is 0 Å². The summed E-state index contributed by atoms with van der Waals surface area (Å²) in [5.41, 5.74) is -2.50. The summed E-state index contributed by atoms with van der Waals surface area (Å²) in [4.78, 5) is 202. The molecule has 2 aliphatic carbocycles. The van der Waals surface area contributed by atoms with Gasteiger partial charge in [0.15, 0.2) is 0 Å². The molecule has 2 unspecified atom stereocenters. The Labute approximate surface area is 684 Å². The molecule has 4 aliphatic rings. The van der Waals surface area contributed by atoms with E-state index in [1.54, 1.807) is 65.0 Å². The average molecular weight is 1650 g/mol. The number of nitrogens with one attached hydrogen (secondary N) is 3. The van der Waals surface area contributed by atoms with Crippen LogP contribution in [0.25, 0.3) is 0 Å². The molecule has 32 heteroatoms. The number of hydrogen-bond acceptors (Lipinski definition) is 15. The van der Waals surface area contributed by atoms with E-state index in [4.69, 9.17) is 9.47 Å². The van der Waals surface area contributed by atoms with Crippen LogP contribution in [-0.4, -0.2) is 262 Å². The summed E-state index contributed by atoms with van der Waals surface area (Å²) in [7, 11) is 9.96. The first-order valence-corrected chi connectivity index (χ1v) is 40.7. The number of likely N-dealkylation sites (N-methyl/N-ethyl adjacent to an activating group) is 7. The number of aryl methyl sites for hydroxylation is 2. The minimum atomic E-state index is -5.35. The summed E-state index contributed by atoms with van der Waals surface area (Å²) in [6.07, 6.45) is -3.28. The molecule has 4 fully saturated rings. The van der Waals surface area contributed by atoms with Gasteiger partial charge in [-0.3, -0.25) is 57.5 Å². The van der Waals surface area contributed by atoms with Crippen LogP contribution >= 0.6 is 0 Å². The van der Waals surface area contributed by atoms with Gasteiger partial charge < -0.3 is 69.5 Å². The second kappa shape index (κ2) is 41.1. The van der Waals surface area contributed by atoms with Gasteiger partial charge in [-0.1, -0.05) is 120 Å². The van der Waals surface area contributed by atoms with Crippen molar-refractivity contribution in [2.75, 3.05) is 75.5 Å². The van der Waals surface area contributed by atoms with E-state index < -0.39 is 197 Å². The first-order valence-electron chi connectivity index (χ1n) is 40.7. The van der Waals surface area contributed by atoms with Crippen LogP contribution in [0, 0.1) is 36.3 Å². The maximum Gasteiger partial charge on any atom is 0.422 e. The molecule has 3 aromatic carbocycles. The third kappa shape index (κ3) is 24.0. The van der Waals surface area contributed by atoms with Crippen LogP contribution in [0.1, 0.15) is 186 Å². The first kappa shape index (κ1) is 94.4. The van der Waals surface area contributed by atoms with Crippen LogP contribution < -0.4 is 16.0 Å². The molecule has 2 saturated heterocycles. The largest absolute Gasteiger partial charge is 0.459 e. The van der Waals surface area contributed by atoms with E-state index in [2.05, 4.69) is 16.0 Å². The Bertz CT molecular complexity index is 4010. The monoisotopic (exact) mass is 1640 g/mol. The summed E-state index contributed by atoms with van der Waals surface area (Å²) in [5.74, 6) is -12.9. The quantitative estimate of drug-likeness (QED) is 0.0368. The number of rotatable bonds is 35. The highest BCUT2D eigenvalue weighted by Crippen LogP contribution is 2.39. The molecular weight excluding hydrogens is 1520 g/mol. The van der Waals surface area contributed by atoms with Gasteiger partial charge in [-0.2, -0.15) is 13.2 Å². The topological polar surface area (TPSA) is 306 Å². The number of benzene rings is 3. The number of likely N-dealkylation sites (tertiary alicyclic amines) is 2. The van der Waals surface area contributed by atoms with Crippen LogP contribution in [0.3, 0.4) is 0 Å². The van der Waals surface area contributed by atoms with Crippen LogP contribution in [-0.2, 0) is 92.6 Å². The SMILES string of the molecule is CC[C@H](C)C(NC(=O)[C@H](CC(C)C)N(C)C(=O)C[C@@H](C(=O)N(C)C)N(C)C(=O)C(C1CCCC1)N(C)C(=O)C1(NC(=O)[C@@H]2CCCN2C(=O)[C@H](CCc2cc(F)c(C(F)(F)F)c(F)c2)NC(=O)OCc2ccccc2)CCCC1)C(=O)N(C)[C@@H](C)C(=O)N1CC[C@H]1C(=O)N(CC)[C@@H](Cc1ccc(C)cc1)C(=O)N(C)CC(=O)OC(C)(C)C. The van der Waals surface area contributed by atoms with Gasteiger partial charge in [0.1, 0.15) is 95.9 Å². The van der Waals surface area contributed by atoms with Crippen molar-refractivity contribution in [3.63, 3.8) is 0 Å². The van der Waals surface area contributed by atoms with Crippen molar-refractivity contribution in [1.82, 2.24) is 60.0 Å². The van der Waals surface area contributed by atoms with E-state index >= 15 is 19.2 Å². The summed E-state index contributed by atoms with van der Waals surface area (Å²) in [5, 5.41) is 8.38. The minimum absolute atomic E-state index is 0.0269. The normalized spacial score (nSPS) is 18.1. The van der Waals surface area contributed by atoms with E-state index in [9.17, 15) is 65.1 Å². The number of esters is 1. The number of ether oxygens (including phenoxy) is 2. The van der Waals surface area contributed by atoms with Crippen molar-refractivity contribution in [3.05, 3.63) is 106 Å². The standard InChI is InChI=1S/C85H121F5N12O15/c1-18-53(6)70(79(112)96(14)54(7)74(107)102-43-39-63(102)78(111)100(19-2)66(47-55-35-33-52(5)34-36-55)77(110)95(13)49-68(104)117-83(8,9)10)92-72(105)64(44-51(3)4)97(15)67(103)48-65(76(109)94(11)12)98(16)80(113)71(58-30-23-24-31-58)99(17)81(114)84(40-25-26-41-84)93-73(106)62-32-27-42-101(62)75(108)61(91-82(115)116-50-56-28-21-20-22-29-56)38-37-57-45-59(86)69(60(87)46-57)85(88,89)90/h20-22,28-29,33-36,45-46,51,53-54,58,61-66,70-71H,18-19,23-27,30-32,37-44,47-50H2,1-17H3,(H,91,115)(H,92,105)(H,93,106)/t53-,54-,61-,62-,63-,64-,65-,66-,70?,71?/m0/s1. The van der Waals surface area contributed by atoms with E-state index in [1.165, 1.54) is 95.5 Å². The summed E-state index contributed by atoms with van der Waals surface area (Å²) >= 11 is 0. The number of nitrogens with zero attached hydrogens (tertiary/aromatic N) is 9. The summed E-state index contributed by atoms with van der Waals surface area (Å²) < 4.78 is 81.3. The lowest BCUT2D eigenvalue weighted by atomic mass is 9.90. The Morgan fingerprint density at radius 1 is 0.632 bits per heavy atom. The fraction of sp³-hybridized carbons (Fsp3) is 0.635. The number of halogens is 5. The second-order valence-corrected chi connectivity index (χ2v) is 33.6. The lowest BCUT2D eigenvalue weighted by Crippen LogP contribution is -2.65. The van der Waals surface area contributed by atoms with E-state index in [1.807, 2.05) is 52.0 Å². The molecule has 27 nitrogen and oxygen atoms in total. The van der Waals surface area contributed by atoms with Crippen LogP contribution in [0.2, 0.25) is 0 Å². The molecule has 0 radical (unpaired) electrons. The Kier molecular flexibility index (Phi) is 33.1. The second-order valence-electron chi connectivity index (χ2n) is 33.6. The Hall–Kier alpha value is -9.78. The van der Waals surface area contributed by atoms with E-state index in [-0.39, 0.29) is 89.2 Å². The molecule has 2 saturated carbocycles. The van der Waals surface area contributed by atoms with Crippen molar-refractivity contribution in [2.45, 2.75) is 257 Å². The Morgan fingerprint density at radius 2 is 1.24 bits per heavy atom. The molecule has 0 spiro atoms. The predicted octanol–water partition coefficient (Wildman–Crippen LogP) is 8.37. The number of carbonyl (C=O) groups excluding carboxylic acids is 13. The number of carbonyl (C=O) groups is 13. The minimum Gasteiger partial charge on any atom is -0.459 e. The Balaban J connectivity index is 1.06. The van der Waals surface area contributed by atoms with Gasteiger partial charge in [0.05, 0.1) is 6.42 Å². The van der Waals surface area contributed by atoms with Crippen molar-refractivity contribution >= 4 is 77.0 Å². The molecule has 646 valence electrons. The van der Waals surface area contributed by atoms with Crippen molar-refractivity contribution in [1.29, 1.82) is 0 Å². The van der Waals surface area contributed by atoms with Gasteiger partial charge in [0.2, 0.25) is 65.0 Å². The molecule has 7 rings (SSSR count). The predicted molar refractivity (Wildman–Crippen MR) is 425 cm³/mol. The highest BCUT2D eigenvalue weighted by Gasteiger charge is 2.52. The third-order valence-electron chi connectivity index (χ3n) is 23.2. The first-order chi connectivity index (χ1) is 54.9. The van der Waals surface area contributed by atoms with Gasteiger partial charge in [0, 0.05) is 75.4 Å². The van der Waals surface area contributed by atoms with Gasteiger partial charge >= 0.3 is 18.2 Å². The highest BCUT2D eigenvalue weighted by molar-refractivity contribution is 6.01. The zero-order valence-corrected chi connectivity index (χ0v) is 70.9. The zero-order chi connectivity index (χ0) is 87.0. The smallest absolute Gasteiger partial charge is 0.422 e. The lowest BCUT2D eigenvalue weighted by molar-refractivity contribution is -0.162. The molecule has 0 bridgehead atoms. The number of hydrogen-bond donors (Lipinski definition) is 3. The van der Waals surface area contributed by atoms with Gasteiger partial charge in [-0.15, -0.1) is 0 Å². The summed E-state index contributed by atoms with van der Waals surface area (Å²) in [6, 6.07) is 5.61. The number of amides is 12. The van der Waals surface area contributed by atoms with E-state index in [0.717, 1.165) is 16.0 Å². The average Bonchev–Trinajstić information content (AvgIpc) is 1.75. The van der Waals surface area contributed by atoms with Crippen molar-refractivity contribution < 1.29 is 93.8 Å². The number of alkyl halides is 3. The van der Waals surface area contributed by atoms with Crippen LogP contribution in [0.15, 0.2) is 66.7 Å². The molecule has 2 heterocycles. The third-order valence-corrected chi connectivity index (χ3v) is 23.2. The lowest BCUT2D eigenvalue weighted by Gasteiger charge is -2.45. The van der Waals surface area contributed by atoms with Gasteiger partial charge in [-0.25, -0.2) is 13.6 Å². The summed E-state index contributed by atoms with van der Waals surface area (Å²) in [6.45, 7) is 17.1. The fourth-order valence-electron chi connectivity index (χ4n) is 16.1. The van der Waals surface area contributed by atoms with E-state index in [0.29, 0.717) is 62.6 Å². The van der Waals surface area contributed by atoms with Gasteiger partial charge in [0.25, 0.3) is 0 Å². The molecule has 3 aromatic rings. The molecule has 2 aliphatic heterocycles. The Morgan fingerprint density at radius 3 is 1.79 bits per heavy atom.